The summed E-state index contributed by atoms with van der Waals surface area (Å²) in [7, 11) is -3.31. The van der Waals surface area contributed by atoms with Crippen LogP contribution in [0.15, 0.2) is 77.6 Å². The second-order valence-electron chi connectivity index (χ2n) is 11.2. The predicted molar refractivity (Wildman–Crippen MR) is 151 cm³/mol. The molecule has 7 nitrogen and oxygen atoms in total. The number of aliphatic hydroxyl groups excluding tert-OH is 1. The molecule has 202 valence electrons. The number of nitrogens with zero attached hydrogens (tertiary/aromatic N) is 2. The van der Waals surface area contributed by atoms with Gasteiger partial charge >= 0.3 is 0 Å². The summed E-state index contributed by atoms with van der Waals surface area (Å²) in [6.45, 7) is 5.36. The second-order valence-corrected chi connectivity index (χ2v) is 15.0. The van der Waals surface area contributed by atoms with E-state index >= 15 is 4.11 Å². The van der Waals surface area contributed by atoms with E-state index in [0.717, 1.165) is 5.56 Å². The molecule has 6 rings (SSSR count). The number of amides is 1. The molecule has 4 aromatic rings. The molecule has 1 aromatic heterocycles. The van der Waals surface area contributed by atoms with Crippen LogP contribution in [0.4, 0.5) is 9.80 Å². The highest BCUT2D eigenvalue weighted by Gasteiger charge is 2.66. The number of carbonyl (C=O) groups excluding carboxylic acids is 1. The SMILES string of the molecule is C[C@@H]1[C@@H]([Si](C)(C)F)[C@H](CCO)O[C@@]12C(=O)N(Cc1ccccc1)c1ccc(-n3[nH]c4ccccc4c3=O)cc12. The number of nitrogens with one attached hydrogen (secondary N) is 1. The molecule has 2 N–H and O–H groups in total. The minimum Gasteiger partial charge on any atom is -0.396 e. The highest BCUT2D eigenvalue weighted by Crippen LogP contribution is 2.60. The van der Waals surface area contributed by atoms with Crippen molar-refractivity contribution in [3.8, 4) is 5.69 Å². The van der Waals surface area contributed by atoms with Gasteiger partial charge < -0.3 is 18.9 Å². The number of aromatic nitrogens is 2. The zero-order valence-corrected chi connectivity index (χ0v) is 23.2. The lowest BCUT2D eigenvalue weighted by atomic mass is 9.82. The molecule has 3 aromatic carbocycles. The third kappa shape index (κ3) is 3.90. The largest absolute Gasteiger partial charge is 0.396 e. The van der Waals surface area contributed by atoms with Crippen molar-refractivity contribution in [2.75, 3.05) is 11.5 Å². The standard InChI is InChI=1S/C30H32FN3O4Si/c1-19-27(39(2,3)31)26(15-16-35)38-30(19)23-17-21(34-28(36)22-11-7-8-12-24(22)32-34)13-14-25(23)33(29(30)37)18-20-9-5-4-6-10-20/h4-14,17,19,26-27,32,35H,15-16,18H2,1-3H3/t19-,26+,27-,30+/m1/s1. The van der Waals surface area contributed by atoms with Gasteiger partial charge in [0.1, 0.15) is 0 Å². The third-order valence-corrected chi connectivity index (χ3v) is 10.8. The highest BCUT2D eigenvalue weighted by molar-refractivity contribution is 6.72. The van der Waals surface area contributed by atoms with Gasteiger partial charge in [-0.25, -0.2) is 4.68 Å². The van der Waals surface area contributed by atoms with Crippen LogP contribution in [-0.2, 0) is 21.7 Å². The normalized spacial score (nSPS) is 24.7. The Morgan fingerprint density at radius 3 is 2.46 bits per heavy atom. The average Bonchev–Trinajstić information content (AvgIpc) is 3.49. The number of rotatable bonds is 6. The Hall–Kier alpha value is -3.53. The van der Waals surface area contributed by atoms with Crippen molar-refractivity contribution >= 4 is 30.9 Å². The van der Waals surface area contributed by atoms with E-state index in [0.29, 0.717) is 34.4 Å². The first kappa shape index (κ1) is 25.7. The summed E-state index contributed by atoms with van der Waals surface area (Å²) >= 11 is 0. The van der Waals surface area contributed by atoms with Crippen molar-refractivity contribution in [2.24, 2.45) is 5.92 Å². The molecular weight excluding hydrogens is 513 g/mol. The second kappa shape index (κ2) is 9.29. The Morgan fingerprint density at radius 1 is 1.05 bits per heavy atom. The van der Waals surface area contributed by atoms with Gasteiger partial charge in [0.15, 0.2) is 5.60 Å². The maximum absolute atomic E-state index is 15.8. The van der Waals surface area contributed by atoms with Crippen LogP contribution in [0.2, 0.25) is 18.6 Å². The molecule has 1 spiro atoms. The molecule has 2 aliphatic rings. The van der Waals surface area contributed by atoms with Crippen molar-refractivity contribution in [1.29, 1.82) is 0 Å². The Bertz CT molecular complexity index is 1610. The quantitative estimate of drug-likeness (QED) is 0.263. The van der Waals surface area contributed by atoms with Crippen LogP contribution in [0.5, 0.6) is 0 Å². The molecule has 0 unspecified atom stereocenters. The number of fused-ring (bicyclic) bond motifs is 3. The fourth-order valence-corrected chi connectivity index (χ4v) is 9.28. The number of ether oxygens (including phenoxy) is 1. The number of carbonyl (C=O) groups is 1. The van der Waals surface area contributed by atoms with Crippen molar-refractivity contribution in [3.05, 3.63) is 94.3 Å². The van der Waals surface area contributed by atoms with Crippen molar-refractivity contribution in [2.45, 2.75) is 50.2 Å². The smallest absolute Gasteiger partial charge is 0.279 e. The number of benzene rings is 3. The number of aliphatic hydroxyl groups is 1. The highest BCUT2D eigenvalue weighted by atomic mass is 28.4. The maximum atomic E-state index is 15.8. The summed E-state index contributed by atoms with van der Waals surface area (Å²) in [6, 6.07) is 22.5. The van der Waals surface area contributed by atoms with E-state index in [1.54, 1.807) is 24.1 Å². The first-order chi connectivity index (χ1) is 18.7. The van der Waals surface area contributed by atoms with Gasteiger partial charge in [0, 0.05) is 23.6 Å². The van der Waals surface area contributed by atoms with Crippen LogP contribution >= 0.6 is 0 Å². The molecule has 0 radical (unpaired) electrons. The van der Waals surface area contributed by atoms with Crippen molar-refractivity contribution < 1.29 is 18.7 Å². The van der Waals surface area contributed by atoms with E-state index in [2.05, 4.69) is 5.10 Å². The molecule has 39 heavy (non-hydrogen) atoms. The van der Waals surface area contributed by atoms with Crippen LogP contribution in [0.3, 0.4) is 0 Å². The summed E-state index contributed by atoms with van der Waals surface area (Å²) in [5.74, 6) is -0.707. The molecule has 1 amide bonds. The minimum absolute atomic E-state index is 0.159. The molecule has 2 aliphatic heterocycles. The lowest BCUT2D eigenvalue weighted by Gasteiger charge is -2.31. The topological polar surface area (TPSA) is 87.6 Å². The van der Waals surface area contributed by atoms with E-state index in [-0.39, 0.29) is 24.5 Å². The summed E-state index contributed by atoms with van der Waals surface area (Å²) < 4.78 is 23.9. The Labute approximate surface area is 227 Å². The van der Waals surface area contributed by atoms with E-state index in [9.17, 15) is 14.7 Å². The molecule has 0 saturated carbocycles. The molecule has 9 heteroatoms. The zero-order valence-electron chi connectivity index (χ0n) is 22.2. The minimum atomic E-state index is -3.31. The van der Waals surface area contributed by atoms with Gasteiger partial charge in [0.05, 0.1) is 34.9 Å². The van der Waals surface area contributed by atoms with Crippen LogP contribution in [0.25, 0.3) is 16.6 Å². The van der Waals surface area contributed by atoms with E-state index in [4.69, 9.17) is 4.74 Å². The Balaban J connectivity index is 1.54. The number of hydrogen-bond acceptors (Lipinski definition) is 4. The molecule has 4 atom stereocenters. The molecule has 3 heterocycles. The first-order valence-electron chi connectivity index (χ1n) is 13.3. The van der Waals surface area contributed by atoms with Crippen LogP contribution < -0.4 is 10.5 Å². The van der Waals surface area contributed by atoms with Gasteiger partial charge in [-0.15, -0.1) is 0 Å². The fourth-order valence-electron chi connectivity index (χ4n) is 6.74. The molecular formula is C30H32FN3O4Si. The average molecular weight is 546 g/mol. The van der Waals surface area contributed by atoms with Gasteiger partial charge in [-0.1, -0.05) is 49.4 Å². The first-order valence-corrected chi connectivity index (χ1v) is 16.3. The van der Waals surface area contributed by atoms with Gasteiger partial charge in [-0.05, 0) is 55.4 Å². The van der Waals surface area contributed by atoms with Gasteiger partial charge in [-0.2, -0.15) is 0 Å². The van der Waals surface area contributed by atoms with E-state index < -0.39 is 31.6 Å². The lowest BCUT2D eigenvalue weighted by molar-refractivity contribution is -0.146. The monoisotopic (exact) mass is 545 g/mol. The van der Waals surface area contributed by atoms with Crippen LogP contribution in [0.1, 0.15) is 24.5 Å². The molecule has 0 bridgehead atoms. The van der Waals surface area contributed by atoms with Crippen molar-refractivity contribution in [3.63, 3.8) is 0 Å². The Kier molecular flexibility index (Phi) is 6.13. The summed E-state index contributed by atoms with van der Waals surface area (Å²) in [5, 5.41) is 13.5. The predicted octanol–water partition coefficient (Wildman–Crippen LogP) is 5.02. The number of halogens is 1. The summed E-state index contributed by atoms with van der Waals surface area (Å²) in [5.41, 5.74) is 1.44. The van der Waals surface area contributed by atoms with Crippen LogP contribution in [0, 0.1) is 5.92 Å². The zero-order chi connectivity index (χ0) is 27.5. The Morgan fingerprint density at radius 2 is 1.77 bits per heavy atom. The number of para-hydroxylation sites is 1. The number of aromatic amines is 1. The van der Waals surface area contributed by atoms with Gasteiger partial charge in [0.2, 0.25) is 8.41 Å². The molecule has 1 fully saturated rings. The third-order valence-electron chi connectivity index (χ3n) is 8.39. The van der Waals surface area contributed by atoms with Gasteiger partial charge in [0.25, 0.3) is 11.5 Å². The van der Waals surface area contributed by atoms with Crippen LogP contribution in [-0.4, -0.2) is 41.9 Å². The lowest BCUT2D eigenvalue weighted by Crippen LogP contribution is -2.45. The van der Waals surface area contributed by atoms with E-state index in [1.165, 1.54) is 4.68 Å². The summed E-state index contributed by atoms with van der Waals surface area (Å²) in [4.78, 5) is 29.4. The number of hydrogen-bond donors (Lipinski definition) is 2. The van der Waals surface area contributed by atoms with E-state index in [1.807, 2.05) is 73.7 Å². The molecule has 1 saturated heterocycles. The maximum Gasteiger partial charge on any atom is 0.279 e. The molecule has 0 aliphatic carbocycles. The summed E-state index contributed by atoms with van der Waals surface area (Å²) in [6.07, 6.45) is -0.343. The van der Waals surface area contributed by atoms with Gasteiger partial charge in [-0.3, -0.25) is 14.7 Å². The number of H-pyrrole nitrogens is 1. The fraction of sp³-hybridized carbons (Fsp3) is 0.333. The van der Waals surface area contributed by atoms with Crippen molar-refractivity contribution in [1.82, 2.24) is 9.78 Å². The number of anilines is 1.